The molecule has 1 rings (SSSR count). The second-order valence-electron chi connectivity index (χ2n) is 7.75. The quantitative estimate of drug-likeness (QED) is 0.656. The van der Waals surface area contributed by atoms with Crippen molar-refractivity contribution in [2.24, 2.45) is 11.3 Å². The van der Waals surface area contributed by atoms with Crippen LogP contribution in [-0.4, -0.2) is 62.7 Å². The van der Waals surface area contributed by atoms with Gasteiger partial charge in [-0.3, -0.25) is 0 Å². The van der Waals surface area contributed by atoms with Crippen LogP contribution in [0.4, 0.5) is 0 Å². The van der Waals surface area contributed by atoms with E-state index in [1.165, 1.54) is 32.5 Å². The van der Waals surface area contributed by atoms with Crippen molar-refractivity contribution >= 4 is 0 Å². The molecule has 0 aliphatic heterocycles. The van der Waals surface area contributed by atoms with Crippen molar-refractivity contribution < 1.29 is 0 Å². The van der Waals surface area contributed by atoms with Crippen LogP contribution in [0.5, 0.6) is 0 Å². The van der Waals surface area contributed by atoms with Crippen molar-refractivity contribution in [2.45, 2.75) is 46.6 Å². The molecule has 0 bridgehead atoms. The van der Waals surface area contributed by atoms with Crippen molar-refractivity contribution in [1.82, 2.24) is 15.1 Å². The minimum Gasteiger partial charge on any atom is -0.313 e. The van der Waals surface area contributed by atoms with Gasteiger partial charge >= 0.3 is 0 Å². The molecule has 0 atom stereocenters. The Balaban J connectivity index is 2.38. The molecule has 114 valence electrons. The van der Waals surface area contributed by atoms with Crippen LogP contribution in [0.1, 0.15) is 40.5 Å². The van der Waals surface area contributed by atoms with Crippen LogP contribution >= 0.6 is 0 Å². The smallest absolute Gasteiger partial charge is 0.0109 e. The molecule has 0 unspecified atom stereocenters. The summed E-state index contributed by atoms with van der Waals surface area (Å²) in [6.07, 6.45) is 2.76. The zero-order valence-electron chi connectivity index (χ0n) is 14.0. The third-order valence-corrected chi connectivity index (χ3v) is 3.59. The van der Waals surface area contributed by atoms with Gasteiger partial charge in [0, 0.05) is 38.8 Å². The summed E-state index contributed by atoms with van der Waals surface area (Å²) in [5, 5.41) is 3.68. The van der Waals surface area contributed by atoms with E-state index in [-0.39, 0.29) is 0 Å². The molecule has 0 amide bonds. The van der Waals surface area contributed by atoms with Crippen molar-refractivity contribution in [3.63, 3.8) is 0 Å². The highest BCUT2D eigenvalue weighted by atomic mass is 15.2. The standard InChI is InChI=1S/C16H35N3/c1-14(2)11-19(10-9-18(5)6)13-16(3,4)12-17-15-7-8-15/h14-15,17H,7-13H2,1-6H3. The van der Waals surface area contributed by atoms with E-state index in [0.29, 0.717) is 5.41 Å². The molecule has 3 nitrogen and oxygen atoms in total. The number of hydrogen-bond acceptors (Lipinski definition) is 3. The molecule has 0 spiro atoms. The lowest BCUT2D eigenvalue weighted by molar-refractivity contribution is 0.148. The minimum atomic E-state index is 0.365. The van der Waals surface area contributed by atoms with Gasteiger partial charge in [0.25, 0.3) is 0 Å². The van der Waals surface area contributed by atoms with Gasteiger partial charge in [0.2, 0.25) is 0 Å². The third kappa shape index (κ3) is 8.61. The van der Waals surface area contributed by atoms with Crippen LogP contribution in [0.3, 0.4) is 0 Å². The average Bonchev–Trinajstić information content (AvgIpc) is 3.06. The predicted octanol–water partition coefficient (Wildman–Crippen LogP) is 2.28. The van der Waals surface area contributed by atoms with Gasteiger partial charge in [0.1, 0.15) is 0 Å². The summed E-state index contributed by atoms with van der Waals surface area (Å²) in [4.78, 5) is 4.92. The lowest BCUT2D eigenvalue weighted by Crippen LogP contribution is -2.44. The normalized spacial score (nSPS) is 16.9. The van der Waals surface area contributed by atoms with Crippen molar-refractivity contribution in [1.29, 1.82) is 0 Å². The van der Waals surface area contributed by atoms with Gasteiger partial charge in [-0.1, -0.05) is 27.7 Å². The van der Waals surface area contributed by atoms with Gasteiger partial charge in [-0.2, -0.15) is 0 Å². The number of hydrogen-bond donors (Lipinski definition) is 1. The predicted molar refractivity (Wildman–Crippen MR) is 84.6 cm³/mol. The summed E-state index contributed by atoms with van der Waals surface area (Å²) >= 11 is 0. The first-order chi connectivity index (χ1) is 8.78. The van der Waals surface area contributed by atoms with E-state index in [1.807, 2.05) is 0 Å². The van der Waals surface area contributed by atoms with Crippen LogP contribution in [-0.2, 0) is 0 Å². The Labute approximate surface area is 120 Å². The van der Waals surface area contributed by atoms with Crippen LogP contribution in [0.15, 0.2) is 0 Å². The molecule has 0 aromatic carbocycles. The molecule has 0 aromatic heterocycles. The molecular formula is C16H35N3. The molecule has 0 radical (unpaired) electrons. The highest BCUT2D eigenvalue weighted by Crippen LogP contribution is 2.22. The second kappa shape index (κ2) is 7.61. The highest BCUT2D eigenvalue weighted by molar-refractivity contribution is 4.85. The largest absolute Gasteiger partial charge is 0.313 e. The summed E-state index contributed by atoms with van der Waals surface area (Å²) < 4.78 is 0. The van der Waals surface area contributed by atoms with Gasteiger partial charge < -0.3 is 15.1 Å². The van der Waals surface area contributed by atoms with E-state index in [2.05, 4.69) is 56.9 Å². The molecule has 0 heterocycles. The fourth-order valence-electron chi connectivity index (χ4n) is 2.46. The van der Waals surface area contributed by atoms with Gasteiger partial charge in [-0.25, -0.2) is 0 Å². The fourth-order valence-corrected chi connectivity index (χ4v) is 2.46. The minimum absolute atomic E-state index is 0.365. The summed E-state index contributed by atoms with van der Waals surface area (Å²) in [6, 6.07) is 0.819. The topological polar surface area (TPSA) is 18.5 Å². The Morgan fingerprint density at radius 1 is 1.16 bits per heavy atom. The van der Waals surface area contributed by atoms with Crippen molar-refractivity contribution in [3.05, 3.63) is 0 Å². The highest BCUT2D eigenvalue weighted by Gasteiger charge is 2.27. The molecule has 0 saturated heterocycles. The van der Waals surface area contributed by atoms with Crippen LogP contribution < -0.4 is 5.32 Å². The van der Waals surface area contributed by atoms with Crippen LogP contribution in [0.2, 0.25) is 0 Å². The number of nitrogens with zero attached hydrogens (tertiary/aromatic N) is 2. The molecule has 3 heteroatoms. The van der Waals surface area contributed by atoms with E-state index in [1.54, 1.807) is 0 Å². The SMILES string of the molecule is CC(C)CN(CCN(C)C)CC(C)(C)CNC1CC1. The van der Waals surface area contributed by atoms with Gasteiger partial charge in [0.15, 0.2) is 0 Å². The Bertz CT molecular complexity index is 244. The fraction of sp³-hybridized carbons (Fsp3) is 1.00. The summed E-state index contributed by atoms with van der Waals surface area (Å²) in [5.74, 6) is 0.745. The Kier molecular flexibility index (Phi) is 6.78. The zero-order valence-corrected chi connectivity index (χ0v) is 14.0. The molecule has 1 saturated carbocycles. The first-order valence-electron chi connectivity index (χ1n) is 7.89. The summed E-state index contributed by atoms with van der Waals surface area (Å²) in [6.45, 7) is 15.3. The molecular weight excluding hydrogens is 234 g/mol. The molecule has 1 N–H and O–H groups in total. The van der Waals surface area contributed by atoms with E-state index in [9.17, 15) is 0 Å². The Morgan fingerprint density at radius 2 is 1.79 bits per heavy atom. The maximum Gasteiger partial charge on any atom is 0.0109 e. The van der Waals surface area contributed by atoms with Gasteiger partial charge in [-0.05, 0) is 38.3 Å². The van der Waals surface area contributed by atoms with Crippen molar-refractivity contribution in [2.75, 3.05) is 46.8 Å². The number of likely N-dealkylation sites (N-methyl/N-ethyl adjacent to an activating group) is 1. The third-order valence-electron chi connectivity index (χ3n) is 3.59. The lowest BCUT2D eigenvalue weighted by Gasteiger charge is -2.34. The van der Waals surface area contributed by atoms with Gasteiger partial charge in [0.05, 0.1) is 0 Å². The average molecular weight is 269 g/mol. The number of rotatable bonds is 10. The maximum absolute atomic E-state index is 3.68. The second-order valence-corrected chi connectivity index (χ2v) is 7.75. The summed E-state index contributed by atoms with van der Waals surface area (Å²) in [5.41, 5.74) is 0.365. The zero-order chi connectivity index (χ0) is 14.5. The molecule has 1 aliphatic rings. The Morgan fingerprint density at radius 3 is 2.26 bits per heavy atom. The molecule has 1 aliphatic carbocycles. The van der Waals surface area contributed by atoms with E-state index < -0.39 is 0 Å². The first kappa shape index (κ1) is 16.9. The van der Waals surface area contributed by atoms with E-state index in [0.717, 1.165) is 25.0 Å². The first-order valence-corrected chi connectivity index (χ1v) is 7.89. The maximum atomic E-state index is 3.68. The lowest BCUT2D eigenvalue weighted by atomic mass is 9.92. The number of nitrogens with one attached hydrogen (secondary N) is 1. The molecule has 19 heavy (non-hydrogen) atoms. The Hall–Kier alpha value is -0.120. The van der Waals surface area contributed by atoms with E-state index in [4.69, 9.17) is 0 Å². The van der Waals surface area contributed by atoms with E-state index >= 15 is 0 Å². The van der Waals surface area contributed by atoms with Crippen LogP contribution in [0, 0.1) is 11.3 Å². The van der Waals surface area contributed by atoms with Gasteiger partial charge in [-0.15, -0.1) is 0 Å². The van der Waals surface area contributed by atoms with Crippen molar-refractivity contribution in [3.8, 4) is 0 Å². The van der Waals surface area contributed by atoms with Crippen LogP contribution in [0.25, 0.3) is 0 Å². The summed E-state index contributed by atoms with van der Waals surface area (Å²) in [7, 11) is 4.32. The molecule has 1 fully saturated rings. The monoisotopic (exact) mass is 269 g/mol. The molecule has 0 aromatic rings.